The summed E-state index contributed by atoms with van der Waals surface area (Å²) in [4.78, 5) is 0. The Kier molecular flexibility index (Phi) is 6.48. The SMILES string of the molecule is Cc1cccc(CNS(=O)(=O)CCCNC(C)C)c1. The Morgan fingerprint density at radius 2 is 2.00 bits per heavy atom. The van der Waals surface area contributed by atoms with Crippen molar-refractivity contribution in [2.45, 2.75) is 39.8 Å². The van der Waals surface area contributed by atoms with Gasteiger partial charge in [0, 0.05) is 12.6 Å². The molecule has 0 saturated heterocycles. The van der Waals surface area contributed by atoms with Crippen molar-refractivity contribution in [1.29, 1.82) is 0 Å². The number of benzene rings is 1. The van der Waals surface area contributed by atoms with Crippen LogP contribution in [0.4, 0.5) is 0 Å². The normalized spacial score (nSPS) is 12.0. The van der Waals surface area contributed by atoms with E-state index in [0.29, 0.717) is 19.0 Å². The standard InChI is InChI=1S/C14H24N2O2S/c1-12(2)15-8-5-9-19(17,18)16-11-14-7-4-6-13(3)10-14/h4,6-7,10,12,15-16H,5,8-9,11H2,1-3H3. The molecule has 0 aromatic heterocycles. The van der Waals surface area contributed by atoms with Crippen LogP contribution in [0.1, 0.15) is 31.4 Å². The molecule has 0 fully saturated rings. The van der Waals surface area contributed by atoms with E-state index in [0.717, 1.165) is 17.7 Å². The Morgan fingerprint density at radius 3 is 2.63 bits per heavy atom. The second-order valence-corrected chi connectivity index (χ2v) is 7.02. The molecule has 2 N–H and O–H groups in total. The quantitative estimate of drug-likeness (QED) is 0.716. The molecule has 0 spiro atoms. The predicted molar refractivity (Wildman–Crippen MR) is 79.6 cm³/mol. The van der Waals surface area contributed by atoms with Crippen LogP contribution in [0.2, 0.25) is 0 Å². The average molecular weight is 284 g/mol. The molecule has 19 heavy (non-hydrogen) atoms. The number of nitrogens with one attached hydrogen (secondary N) is 2. The maximum Gasteiger partial charge on any atom is 0.211 e. The molecule has 0 amide bonds. The lowest BCUT2D eigenvalue weighted by molar-refractivity contribution is 0.561. The first-order valence-electron chi connectivity index (χ1n) is 6.65. The summed E-state index contributed by atoms with van der Waals surface area (Å²) in [5.41, 5.74) is 2.13. The summed E-state index contributed by atoms with van der Waals surface area (Å²) in [6.07, 6.45) is 0.626. The van der Waals surface area contributed by atoms with Crippen LogP contribution in [0, 0.1) is 6.92 Å². The lowest BCUT2D eigenvalue weighted by Gasteiger charge is -2.09. The van der Waals surface area contributed by atoms with Gasteiger partial charge in [-0.05, 0) is 25.5 Å². The van der Waals surface area contributed by atoms with Gasteiger partial charge in [-0.3, -0.25) is 0 Å². The Balaban J connectivity index is 2.34. The van der Waals surface area contributed by atoms with Crippen molar-refractivity contribution in [3.05, 3.63) is 35.4 Å². The topological polar surface area (TPSA) is 58.2 Å². The van der Waals surface area contributed by atoms with E-state index in [2.05, 4.69) is 10.0 Å². The molecule has 5 heteroatoms. The lowest BCUT2D eigenvalue weighted by Crippen LogP contribution is -2.29. The molecule has 1 aromatic rings. The minimum Gasteiger partial charge on any atom is -0.314 e. The van der Waals surface area contributed by atoms with Crippen LogP contribution in [0.3, 0.4) is 0 Å². The first-order valence-corrected chi connectivity index (χ1v) is 8.30. The zero-order valence-electron chi connectivity index (χ0n) is 11.9. The third kappa shape index (κ3) is 7.30. The fourth-order valence-electron chi connectivity index (χ4n) is 1.74. The monoisotopic (exact) mass is 284 g/mol. The molecular formula is C14H24N2O2S. The molecule has 0 unspecified atom stereocenters. The Bertz CT molecular complexity index is 484. The van der Waals surface area contributed by atoms with Crippen LogP contribution in [0.15, 0.2) is 24.3 Å². The van der Waals surface area contributed by atoms with Gasteiger partial charge in [0.15, 0.2) is 0 Å². The summed E-state index contributed by atoms with van der Waals surface area (Å²) in [5.74, 6) is 0.165. The molecular weight excluding hydrogens is 260 g/mol. The first-order chi connectivity index (χ1) is 8.89. The van der Waals surface area contributed by atoms with Crippen molar-refractivity contribution in [3.8, 4) is 0 Å². The summed E-state index contributed by atoms with van der Waals surface area (Å²) in [7, 11) is -3.18. The minimum atomic E-state index is -3.18. The van der Waals surface area contributed by atoms with E-state index >= 15 is 0 Å². The number of sulfonamides is 1. The molecule has 0 radical (unpaired) electrons. The van der Waals surface area contributed by atoms with Gasteiger partial charge in [0.2, 0.25) is 10.0 Å². The van der Waals surface area contributed by atoms with Crippen molar-refractivity contribution in [1.82, 2.24) is 10.0 Å². The second kappa shape index (κ2) is 7.62. The van der Waals surface area contributed by atoms with Gasteiger partial charge in [-0.1, -0.05) is 43.7 Å². The van der Waals surface area contributed by atoms with Gasteiger partial charge in [0.05, 0.1) is 5.75 Å². The number of hydrogen-bond donors (Lipinski definition) is 2. The number of hydrogen-bond acceptors (Lipinski definition) is 3. The van der Waals surface area contributed by atoms with E-state index in [9.17, 15) is 8.42 Å². The van der Waals surface area contributed by atoms with Gasteiger partial charge < -0.3 is 5.32 Å². The van der Waals surface area contributed by atoms with Crippen LogP contribution in [0.5, 0.6) is 0 Å². The molecule has 0 aliphatic rings. The van der Waals surface area contributed by atoms with E-state index < -0.39 is 10.0 Å². The zero-order chi connectivity index (χ0) is 14.3. The highest BCUT2D eigenvalue weighted by Gasteiger charge is 2.09. The summed E-state index contributed by atoms with van der Waals surface area (Å²) in [6.45, 7) is 7.18. The lowest BCUT2D eigenvalue weighted by atomic mass is 10.1. The van der Waals surface area contributed by atoms with Gasteiger partial charge in [-0.25, -0.2) is 13.1 Å². The smallest absolute Gasteiger partial charge is 0.211 e. The molecule has 1 rings (SSSR count). The van der Waals surface area contributed by atoms with Gasteiger partial charge in [-0.2, -0.15) is 0 Å². The summed E-state index contributed by atoms with van der Waals surface area (Å²) in [5, 5.41) is 3.21. The van der Waals surface area contributed by atoms with Crippen LogP contribution in [-0.4, -0.2) is 26.8 Å². The zero-order valence-corrected chi connectivity index (χ0v) is 12.8. The summed E-state index contributed by atoms with van der Waals surface area (Å²) in [6, 6.07) is 8.24. The maximum absolute atomic E-state index is 11.8. The Labute approximate surface area is 116 Å². The molecule has 0 aliphatic heterocycles. The fourth-order valence-corrected chi connectivity index (χ4v) is 2.80. The summed E-state index contributed by atoms with van der Waals surface area (Å²) < 4.78 is 26.2. The minimum absolute atomic E-state index is 0.165. The Hall–Kier alpha value is -0.910. The number of rotatable bonds is 8. The van der Waals surface area contributed by atoms with Crippen LogP contribution < -0.4 is 10.0 Å². The van der Waals surface area contributed by atoms with E-state index in [4.69, 9.17) is 0 Å². The molecule has 0 heterocycles. The highest BCUT2D eigenvalue weighted by Crippen LogP contribution is 2.04. The first kappa shape index (κ1) is 16.1. The van der Waals surface area contributed by atoms with Crippen molar-refractivity contribution in [2.75, 3.05) is 12.3 Å². The van der Waals surface area contributed by atoms with E-state index in [1.54, 1.807) is 0 Å². The van der Waals surface area contributed by atoms with E-state index in [-0.39, 0.29) is 5.75 Å². The second-order valence-electron chi connectivity index (χ2n) is 5.09. The van der Waals surface area contributed by atoms with Gasteiger partial charge >= 0.3 is 0 Å². The Morgan fingerprint density at radius 1 is 1.26 bits per heavy atom. The molecule has 1 aromatic carbocycles. The van der Waals surface area contributed by atoms with Crippen LogP contribution in [-0.2, 0) is 16.6 Å². The number of aryl methyl sites for hydroxylation is 1. The van der Waals surface area contributed by atoms with Crippen LogP contribution >= 0.6 is 0 Å². The molecule has 0 atom stereocenters. The van der Waals surface area contributed by atoms with E-state index in [1.807, 2.05) is 45.0 Å². The molecule has 4 nitrogen and oxygen atoms in total. The highest BCUT2D eigenvalue weighted by molar-refractivity contribution is 7.89. The van der Waals surface area contributed by atoms with E-state index in [1.165, 1.54) is 0 Å². The van der Waals surface area contributed by atoms with Crippen molar-refractivity contribution in [2.24, 2.45) is 0 Å². The van der Waals surface area contributed by atoms with Gasteiger partial charge in [0.25, 0.3) is 0 Å². The molecule has 0 aliphatic carbocycles. The summed E-state index contributed by atoms with van der Waals surface area (Å²) >= 11 is 0. The predicted octanol–water partition coefficient (Wildman–Crippen LogP) is 1.80. The van der Waals surface area contributed by atoms with Crippen molar-refractivity contribution < 1.29 is 8.42 Å². The van der Waals surface area contributed by atoms with Gasteiger partial charge in [-0.15, -0.1) is 0 Å². The average Bonchev–Trinajstić information content (AvgIpc) is 2.32. The third-order valence-electron chi connectivity index (χ3n) is 2.72. The fraction of sp³-hybridized carbons (Fsp3) is 0.571. The van der Waals surface area contributed by atoms with Crippen molar-refractivity contribution in [3.63, 3.8) is 0 Å². The van der Waals surface area contributed by atoms with Crippen molar-refractivity contribution >= 4 is 10.0 Å². The molecule has 0 bridgehead atoms. The third-order valence-corrected chi connectivity index (χ3v) is 4.13. The maximum atomic E-state index is 11.8. The highest BCUT2D eigenvalue weighted by atomic mass is 32.2. The molecule has 108 valence electrons. The largest absolute Gasteiger partial charge is 0.314 e. The molecule has 0 saturated carbocycles. The van der Waals surface area contributed by atoms with Crippen LogP contribution in [0.25, 0.3) is 0 Å². The van der Waals surface area contributed by atoms with Gasteiger partial charge in [0.1, 0.15) is 0 Å².